The van der Waals surface area contributed by atoms with Crippen molar-refractivity contribution in [3.05, 3.63) is 57.6 Å². The third kappa shape index (κ3) is 3.38. The van der Waals surface area contributed by atoms with E-state index in [2.05, 4.69) is 0 Å². The fourth-order valence-corrected chi connectivity index (χ4v) is 2.17. The largest absolute Gasteiger partial charge is 0.457 e. The predicted octanol–water partition coefficient (Wildman–Crippen LogP) is 4.73. The molecule has 0 aliphatic carbocycles. The number of hydrogen-bond donors (Lipinski definition) is 1. The fraction of sp³-hybridized carbons (Fsp3) is 0.0714. The highest BCUT2D eigenvalue weighted by molar-refractivity contribution is 7.80. The quantitative estimate of drug-likeness (QED) is 0.832. The average Bonchev–Trinajstić information content (AvgIpc) is 2.33. The molecule has 0 aromatic heterocycles. The minimum absolute atomic E-state index is 0.374. The Bertz CT molecular complexity index is 643. The first kappa shape index (κ1) is 14.1. The van der Waals surface area contributed by atoms with Crippen LogP contribution in [0.1, 0.15) is 11.1 Å². The molecule has 2 rings (SSSR count). The van der Waals surface area contributed by atoms with E-state index >= 15 is 0 Å². The van der Waals surface area contributed by atoms with Crippen LogP contribution < -0.4 is 10.5 Å². The lowest BCUT2D eigenvalue weighted by Gasteiger charge is -2.09. The monoisotopic (exact) mass is 311 g/mol. The standard InChI is InChI=1S/C14H11Cl2NOS/c1-8-6-9(2-4-11(8)14(17)19)18-10-3-5-12(15)13(16)7-10/h2-7H,1H3,(H2,17,19). The number of benzene rings is 2. The van der Waals surface area contributed by atoms with Gasteiger partial charge < -0.3 is 10.5 Å². The van der Waals surface area contributed by atoms with Crippen molar-refractivity contribution < 1.29 is 4.74 Å². The molecule has 0 bridgehead atoms. The second kappa shape index (κ2) is 5.78. The summed E-state index contributed by atoms with van der Waals surface area (Å²) in [5.74, 6) is 1.31. The Morgan fingerprint density at radius 1 is 1.05 bits per heavy atom. The van der Waals surface area contributed by atoms with Crippen molar-refractivity contribution in [2.75, 3.05) is 0 Å². The van der Waals surface area contributed by atoms with Crippen LogP contribution in [0, 0.1) is 6.92 Å². The van der Waals surface area contributed by atoms with Crippen LogP contribution >= 0.6 is 35.4 Å². The second-order valence-electron chi connectivity index (χ2n) is 4.02. The van der Waals surface area contributed by atoms with Crippen LogP contribution in [0.5, 0.6) is 11.5 Å². The van der Waals surface area contributed by atoms with Crippen molar-refractivity contribution in [2.45, 2.75) is 6.92 Å². The molecule has 98 valence electrons. The molecule has 2 aromatic carbocycles. The lowest BCUT2D eigenvalue weighted by molar-refractivity contribution is 0.482. The Kier molecular flexibility index (Phi) is 4.30. The van der Waals surface area contributed by atoms with Crippen LogP contribution in [0.25, 0.3) is 0 Å². The highest BCUT2D eigenvalue weighted by Crippen LogP contribution is 2.30. The van der Waals surface area contributed by atoms with Crippen LogP contribution in [0.3, 0.4) is 0 Å². The molecular formula is C14H11Cl2NOS. The SMILES string of the molecule is Cc1cc(Oc2ccc(Cl)c(Cl)c2)ccc1C(N)=S. The predicted molar refractivity (Wildman–Crippen MR) is 83.6 cm³/mol. The van der Waals surface area contributed by atoms with Crippen LogP contribution in [0.4, 0.5) is 0 Å². The first-order valence-corrected chi connectivity index (χ1v) is 6.67. The number of rotatable bonds is 3. The molecular weight excluding hydrogens is 301 g/mol. The highest BCUT2D eigenvalue weighted by atomic mass is 35.5. The van der Waals surface area contributed by atoms with E-state index in [9.17, 15) is 0 Å². The van der Waals surface area contributed by atoms with Crippen molar-refractivity contribution in [3.8, 4) is 11.5 Å². The molecule has 19 heavy (non-hydrogen) atoms. The Morgan fingerprint density at radius 2 is 1.68 bits per heavy atom. The maximum Gasteiger partial charge on any atom is 0.129 e. The van der Waals surface area contributed by atoms with Gasteiger partial charge in [0, 0.05) is 11.6 Å². The van der Waals surface area contributed by atoms with E-state index in [4.69, 9.17) is 45.9 Å². The molecule has 2 N–H and O–H groups in total. The molecule has 0 fully saturated rings. The smallest absolute Gasteiger partial charge is 0.129 e. The summed E-state index contributed by atoms with van der Waals surface area (Å²) in [4.78, 5) is 0.374. The zero-order valence-corrected chi connectivity index (χ0v) is 12.4. The molecule has 0 aliphatic rings. The van der Waals surface area contributed by atoms with Gasteiger partial charge in [-0.05, 0) is 42.8 Å². The Balaban J connectivity index is 2.26. The second-order valence-corrected chi connectivity index (χ2v) is 5.27. The minimum atomic E-state index is 0.374. The van der Waals surface area contributed by atoms with E-state index < -0.39 is 0 Å². The van der Waals surface area contributed by atoms with E-state index in [1.165, 1.54) is 0 Å². The first-order chi connectivity index (χ1) is 8.97. The van der Waals surface area contributed by atoms with Crippen molar-refractivity contribution in [2.24, 2.45) is 5.73 Å². The van der Waals surface area contributed by atoms with Gasteiger partial charge in [-0.2, -0.15) is 0 Å². The summed E-state index contributed by atoms with van der Waals surface area (Å²) in [6.45, 7) is 1.93. The number of thiocarbonyl (C=S) groups is 1. The van der Waals surface area contributed by atoms with Crippen molar-refractivity contribution in [1.82, 2.24) is 0 Å². The van der Waals surface area contributed by atoms with Gasteiger partial charge in [0.05, 0.1) is 10.0 Å². The van der Waals surface area contributed by atoms with Gasteiger partial charge in [-0.1, -0.05) is 35.4 Å². The Hall–Kier alpha value is -1.29. The lowest BCUT2D eigenvalue weighted by atomic mass is 10.1. The molecule has 0 atom stereocenters. The van der Waals surface area contributed by atoms with Gasteiger partial charge in [-0.25, -0.2) is 0 Å². The zero-order chi connectivity index (χ0) is 14.0. The molecule has 0 saturated heterocycles. The average molecular weight is 312 g/mol. The molecule has 0 heterocycles. The van der Waals surface area contributed by atoms with Crippen molar-refractivity contribution in [1.29, 1.82) is 0 Å². The van der Waals surface area contributed by atoms with Gasteiger partial charge >= 0.3 is 0 Å². The van der Waals surface area contributed by atoms with Crippen LogP contribution in [-0.2, 0) is 0 Å². The Labute approximate surface area is 127 Å². The van der Waals surface area contributed by atoms with Crippen LogP contribution in [0.2, 0.25) is 10.0 Å². The Morgan fingerprint density at radius 3 is 2.26 bits per heavy atom. The van der Waals surface area contributed by atoms with E-state index in [0.29, 0.717) is 26.5 Å². The number of nitrogens with two attached hydrogens (primary N) is 1. The molecule has 0 radical (unpaired) electrons. The molecule has 2 aromatic rings. The van der Waals surface area contributed by atoms with Crippen LogP contribution in [0.15, 0.2) is 36.4 Å². The number of halogens is 2. The molecule has 0 unspecified atom stereocenters. The van der Waals surface area contributed by atoms with Gasteiger partial charge in [0.2, 0.25) is 0 Å². The maximum atomic E-state index is 5.93. The fourth-order valence-electron chi connectivity index (χ4n) is 1.65. The normalized spacial score (nSPS) is 10.3. The van der Waals surface area contributed by atoms with E-state index in [0.717, 1.165) is 11.1 Å². The molecule has 2 nitrogen and oxygen atoms in total. The molecule has 0 saturated carbocycles. The van der Waals surface area contributed by atoms with E-state index in [-0.39, 0.29) is 0 Å². The number of aryl methyl sites for hydroxylation is 1. The number of ether oxygens (including phenoxy) is 1. The molecule has 5 heteroatoms. The van der Waals surface area contributed by atoms with Gasteiger partial charge in [-0.3, -0.25) is 0 Å². The first-order valence-electron chi connectivity index (χ1n) is 5.51. The molecule has 0 amide bonds. The summed E-state index contributed by atoms with van der Waals surface area (Å²) < 4.78 is 5.70. The highest BCUT2D eigenvalue weighted by Gasteiger charge is 2.05. The summed E-state index contributed by atoms with van der Waals surface area (Å²) >= 11 is 16.7. The summed E-state index contributed by atoms with van der Waals surface area (Å²) in [5, 5.41) is 0.949. The van der Waals surface area contributed by atoms with Gasteiger partial charge in [0.25, 0.3) is 0 Å². The summed E-state index contributed by atoms with van der Waals surface area (Å²) in [6, 6.07) is 10.6. The molecule has 0 aliphatic heterocycles. The summed E-state index contributed by atoms with van der Waals surface area (Å²) in [7, 11) is 0. The van der Waals surface area contributed by atoms with Crippen molar-refractivity contribution in [3.63, 3.8) is 0 Å². The minimum Gasteiger partial charge on any atom is -0.457 e. The van der Waals surface area contributed by atoms with Gasteiger partial charge in [-0.15, -0.1) is 0 Å². The molecule has 0 spiro atoms. The van der Waals surface area contributed by atoms with Gasteiger partial charge in [0.15, 0.2) is 0 Å². The topological polar surface area (TPSA) is 35.2 Å². The van der Waals surface area contributed by atoms with E-state index in [1.54, 1.807) is 18.2 Å². The van der Waals surface area contributed by atoms with Crippen LogP contribution in [-0.4, -0.2) is 4.99 Å². The third-order valence-electron chi connectivity index (χ3n) is 2.59. The summed E-state index contributed by atoms with van der Waals surface area (Å²) in [5.41, 5.74) is 7.42. The lowest BCUT2D eigenvalue weighted by Crippen LogP contribution is -2.10. The number of hydrogen-bond acceptors (Lipinski definition) is 2. The maximum absolute atomic E-state index is 5.93. The third-order valence-corrected chi connectivity index (χ3v) is 3.55. The van der Waals surface area contributed by atoms with Gasteiger partial charge in [0.1, 0.15) is 16.5 Å². The van der Waals surface area contributed by atoms with E-state index in [1.807, 2.05) is 25.1 Å². The van der Waals surface area contributed by atoms with Crippen molar-refractivity contribution >= 4 is 40.4 Å². The zero-order valence-electron chi connectivity index (χ0n) is 10.1. The summed E-state index contributed by atoms with van der Waals surface area (Å²) in [6.07, 6.45) is 0.